The number of aryl methyl sites for hydroxylation is 2. The van der Waals surface area contributed by atoms with E-state index in [4.69, 9.17) is 5.11 Å². The standard InChI is InChI=1S/C15H20N2O3/c1-3-11-6-4-5-10(2)13(11)16-15(20)17-8-7-12(9-17)14(18)19/h4-6,12H,3,7-9H2,1-2H3,(H,16,20)(H,18,19). The highest BCUT2D eigenvalue weighted by atomic mass is 16.4. The summed E-state index contributed by atoms with van der Waals surface area (Å²) < 4.78 is 0. The van der Waals surface area contributed by atoms with E-state index >= 15 is 0 Å². The van der Waals surface area contributed by atoms with E-state index in [1.165, 1.54) is 0 Å². The lowest BCUT2D eigenvalue weighted by Crippen LogP contribution is -2.34. The second-order valence-electron chi connectivity index (χ2n) is 5.16. The molecule has 5 nitrogen and oxygen atoms in total. The summed E-state index contributed by atoms with van der Waals surface area (Å²) in [6.45, 7) is 4.78. The van der Waals surface area contributed by atoms with Gasteiger partial charge in [-0.25, -0.2) is 4.79 Å². The quantitative estimate of drug-likeness (QED) is 0.891. The van der Waals surface area contributed by atoms with Crippen molar-refractivity contribution in [3.8, 4) is 0 Å². The van der Waals surface area contributed by atoms with Gasteiger partial charge in [-0.15, -0.1) is 0 Å². The van der Waals surface area contributed by atoms with Crippen LogP contribution in [0.1, 0.15) is 24.5 Å². The fourth-order valence-corrected chi connectivity index (χ4v) is 2.53. The van der Waals surface area contributed by atoms with Gasteiger partial charge in [0.05, 0.1) is 5.92 Å². The molecule has 0 bridgehead atoms. The Hall–Kier alpha value is -2.04. The number of hydrogen-bond acceptors (Lipinski definition) is 2. The molecule has 1 aliphatic heterocycles. The Bertz CT molecular complexity index is 528. The van der Waals surface area contributed by atoms with E-state index in [0.29, 0.717) is 13.0 Å². The molecule has 1 aromatic carbocycles. The third-order valence-electron chi connectivity index (χ3n) is 3.80. The van der Waals surface area contributed by atoms with E-state index < -0.39 is 11.9 Å². The first-order valence-corrected chi connectivity index (χ1v) is 6.90. The van der Waals surface area contributed by atoms with Crippen LogP contribution in [0.4, 0.5) is 10.5 Å². The monoisotopic (exact) mass is 276 g/mol. The zero-order valence-electron chi connectivity index (χ0n) is 11.8. The minimum atomic E-state index is -0.828. The first-order valence-electron chi connectivity index (χ1n) is 6.90. The van der Waals surface area contributed by atoms with Crippen LogP contribution in [0.25, 0.3) is 0 Å². The molecule has 0 aromatic heterocycles. The second-order valence-corrected chi connectivity index (χ2v) is 5.16. The van der Waals surface area contributed by atoms with Gasteiger partial charge in [0.1, 0.15) is 0 Å². The van der Waals surface area contributed by atoms with E-state index in [2.05, 4.69) is 5.32 Å². The third kappa shape index (κ3) is 2.92. The Balaban J connectivity index is 2.08. The molecule has 0 radical (unpaired) electrons. The summed E-state index contributed by atoms with van der Waals surface area (Å²) in [4.78, 5) is 24.7. The molecule has 5 heteroatoms. The van der Waals surface area contributed by atoms with Crippen LogP contribution in [0.15, 0.2) is 18.2 Å². The van der Waals surface area contributed by atoms with E-state index in [9.17, 15) is 9.59 Å². The molecule has 20 heavy (non-hydrogen) atoms. The summed E-state index contributed by atoms with van der Waals surface area (Å²) in [6, 6.07) is 5.71. The number of nitrogens with zero attached hydrogens (tertiary/aromatic N) is 1. The van der Waals surface area contributed by atoms with Gasteiger partial charge in [0.15, 0.2) is 0 Å². The molecule has 1 aromatic rings. The van der Waals surface area contributed by atoms with Crippen LogP contribution >= 0.6 is 0 Å². The largest absolute Gasteiger partial charge is 0.481 e. The van der Waals surface area contributed by atoms with Crippen molar-refractivity contribution in [2.24, 2.45) is 5.92 Å². The van der Waals surface area contributed by atoms with Gasteiger partial charge in [0.2, 0.25) is 0 Å². The summed E-state index contributed by atoms with van der Waals surface area (Å²) in [7, 11) is 0. The molecule has 1 saturated heterocycles. The number of urea groups is 1. The maximum Gasteiger partial charge on any atom is 0.321 e. The zero-order chi connectivity index (χ0) is 14.7. The number of rotatable bonds is 3. The van der Waals surface area contributed by atoms with E-state index in [-0.39, 0.29) is 12.6 Å². The van der Waals surface area contributed by atoms with Crippen molar-refractivity contribution in [1.29, 1.82) is 0 Å². The maximum absolute atomic E-state index is 12.2. The van der Waals surface area contributed by atoms with E-state index in [1.807, 2.05) is 32.0 Å². The number of carboxylic acids is 1. The Labute approximate surface area is 118 Å². The molecule has 1 atom stereocenters. The van der Waals surface area contributed by atoms with Crippen molar-refractivity contribution in [3.63, 3.8) is 0 Å². The smallest absolute Gasteiger partial charge is 0.321 e. The fourth-order valence-electron chi connectivity index (χ4n) is 2.53. The average molecular weight is 276 g/mol. The Kier molecular flexibility index (Phi) is 4.27. The van der Waals surface area contributed by atoms with Gasteiger partial charge in [-0.3, -0.25) is 4.79 Å². The van der Waals surface area contributed by atoms with Crippen LogP contribution in [0.3, 0.4) is 0 Å². The number of anilines is 1. The van der Waals surface area contributed by atoms with Gasteiger partial charge >= 0.3 is 12.0 Å². The molecular formula is C15H20N2O3. The van der Waals surface area contributed by atoms with Crippen LogP contribution in [-0.4, -0.2) is 35.1 Å². The molecule has 2 rings (SSSR count). The van der Waals surface area contributed by atoms with Gasteiger partial charge in [0.25, 0.3) is 0 Å². The lowest BCUT2D eigenvalue weighted by atomic mass is 10.1. The number of amides is 2. The molecule has 1 fully saturated rings. The normalized spacial score (nSPS) is 18.1. The number of carboxylic acid groups (broad SMARTS) is 1. The maximum atomic E-state index is 12.2. The molecular weight excluding hydrogens is 256 g/mol. The molecule has 2 N–H and O–H groups in total. The van der Waals surface area contributed by atoms with Crippen LogP contribution < -0.4 is 5.32 Å². The topological polar surface area (TPSA) is 69.6 Å². The van der Waals surface area contributed by atoms with Crippen LogP contribution in [0, 0.1) is 12.8 Å². The predicted octanol–water partition coefficient (Wildman–Crippen LogP) is 2.50. The van der Waals surface area contributed by atoms with Crippen LogP contribution in [0.2, 0.25) is 0 Å². The number of aliphatic carboxylic acids is 1. The Morgan fingerprint density at radius 1 is 1.45 bits per heavy atom. The summed E-state index contributed by atoms with van der Waals surface area (Å²) in [5.41, 5.74) is 2.96. The summed E-state index contributed by atoms with van der Waals surface area (Å²) in [5, 5.41) is 11.9. The van der Waals surface area contributed by atoms with Gasteiger partial charge in [0, 0.05) is 18.8 Å². The van der Waals surface area contributed by atoms with Crippen molar-refractivity contribution < 1.29 is 14.7 Å². The molecule has 1 unspecified atom stereocenters. The lowest BCUT2D eigenvalue weighted by molar-refractivity contribution is -0.141. The zero-order valence-corrected chi connectivity index (χ0v) is 11.8. The SMILES string of the molecule is CCc1cccc(C)c1NC(=O)N1CCC(C(=O)O)C1. The lowest BCUT2D eigenvalue weighted by Gasteiger charge is -2.19. The number of nitrogens with one attached hydrogen (secondary N) is 1. The van der Waals surface area contributed by atoms with Crippen molar-refractivity contribution >= 4 is 17.7 Å². The Morgan fingerprint density at radius 2 is 2.20 bits per heavy atom. The fraction of sp³-hybridized carbons (Fsp3) is 0.467. The highest BCUT2D eigenvalue weighted by Gasteiger charge is 2.31. The minimum Gasteiger partial charge on any atom is -0.481 e. The number of likely N-dealkylation sites (tertiary alicyclic amines) is 1. The number of carbonyl (C=O) groups is 2. The highest BCUT2D eigenvalue weighted by Crippen LogP contribution is 2.23. The van der Waals surface area contributed by atoms with Crippen LogP contribution in [0.5, 0.6) is 0 Å². The summed E-state index contributed by atoms with van der Waals surface area (Å²) >= 11 is 0. The highest BCUT2D eigenvalue weighted by molar-refractivity contribution is 5.91. The van der Waals surface area contributed by atoms with E-state index in [0.717, 1.165) is 23.2 Å². The van der Waals surface area contributed by atoms with Crippen molar-refractivity contribution in [2.75, 3.05) is 18.4 Å². The third-order valence-corrected chi connectivity index (χ3v) is 3.80. The Morgan fingerprint density at radius 3 is 2.80 bits per heavy atom. The first kappa shape index (κ1) is 14.4. The van der Waals surface area contributed by atoms with Crippen molar-refractivity contribution in [3.05, 3.63) is 29.3 Å². The number of carbonyl (C=O) groups excluding carboxylic acids is 1. The van der Waals surface area contributed by atoms with Gasteiger partial charge in [-0.05, 0) is 30.9 Å². The average Bonchev–Trinajstić information content (AvgIpc) is 2.91. The van der Waals surface area contributed by atoms with Crippen LogP contribution in [-0.2, 0) is 11.2 Å². The minimum absolute atomic E-state index is 0.210. The van der Waals surface area contributed by atoms with Gasteiger partial charge in [-0.1, -0.05) is 25.1 Å². The van der Waals surface area contributed by atoms with Crippen molar-refractivity contribution in [2.45, 2.75) is 26.7 Å². The van der Waals surface area contributed by atoms with Gasteiger partial charge in [-0.2, -0.15) is 0 Å². The first-order chi connectivity index (χ1) is 9.52. The molecule has 108 valence electrons. The summed E-state index contributed by atoms with van der Waals surface area (Å²) in [5.74, 6) is -1.27. The van der Waals surface area contributed by atoms with Crippen molar-refractivity contribution in [1.82, 2.24) is 4.90 Å². The second kappa shape index (κ2) is 5.94. The predicted molar refractivity (Wildman–Crippen MR) is 76.9 cm³/mol. The molecule has 1 heterocycles. The number of benzene rings is 1. The summed E-state index contributed by atoms with van der Waals surface area (Å²) in [6.07, 6.45) is 1.37. The molecule has 0 aliphatic carbocycles. The van der Waals surface area contributed by atoms with Gasteiger partial charge < -0.3 is 15.3 Å². The molecule has 2 amide bonds. The molecule has 1 aliphatic rings. The number of para-hydroxylation sites is 1. The molecule has 0 saturated carbocycles. The number of hydrogen-bond donors (Lipinski definition) is 2. The molecule has 0 spiro atoms. The van der Waals surface area contributed by atoms with E-state index in [1.54, 1.807) is 4.90 Å².